The number of nitrogens with zero attached hydrogens (tertiary/aromatic N) is 3. The number of benzene rings is 2. The lowest BCUT2D eigenvalue weighted by Crippen LogP contribution is -2.29. The standard InChI is InChI=1S/C27H29N3O4/c1-17(2)33-22-12-10-21(11-13-22)26-29-24(19(4)34-26)16-30-25(20-8-6-5-7-9-20)28-18(3)23(14-15-31)27(30)32/h5-13,17,31H,14-16H2,1-4H3. The average molecular weight is 460 g/mol. The SMILES string of the molecule is Cc1nc(-c2ccccc2)n(Cc2nc(-c3ccc(OC(C)C)cc3)oc2C)c(=O)c1CCO. The van der Waals surface area contributed by atoms with E-state index < -0.39 is 0 Å². The first-order chi connectivity index (χ1) is 16.4. The number of ether oxygens (including phenoxy) is 1. The Morgan fingerprint density at radius 3 is 2.35 bits per heavy atom. The predicted molar refractivity (Wildman–Crippen MR) is 131 cm³/mol. The molecule has 1 N–H and O–H groups in total. The fourth-order valence-electron chi connectivity index (χ4n) is 3.85. The maximum absolute atomic E-state index is 13.4. The van der Waals surface area contributed by atoms with E-state index in [-0.39, 0.29) is 31.2 Å². The molecule has 0 aliphatic carbocycles. The summed E-state index contributed by atoms with van der Waals surface area (Å²) in [4.78, 5) is 22.9. The zero-order valence-electron chi connectivity index (χ0n) is 19.9. The van der Waals surface area contributed by atoms with Crippen molar-refractivity contribution >= 4 is 0 Å². The van der Waals surface area contributed by atoms with E-state index in [0.29, 0.717) is 34.4 Å². The Hall–Kier alpha value is -3.71. The molecule has 0 unspecified atom stereocenters. The fourth-order valence-corrected chi connectivity index (χ4v) is 3.85. The molecule has 2 heterocycles. The number of aryl methyl sites for hydroxylation is 2. The van der Waals surface area contributed by atoms with Crippen molar-refractivity contribution in [1.82, 2.24) is 14.5 Å². The van der Waals surface area contributed by atoms with Crippen molar-refractivity contribution in [2.75, 3.05) is 6.61 Å². The van der Waals surface area contributed by atoms with Crippen LogP contribution in [0.3, 0.4) is 0 Å². The van der Waals surface area contributed by atoms with E-state index in [0.717, 1.165) is 16.9 Å². The molecule has 0 saturated heterocycles. The van der Waals surface area contributed by atoms with Crippen molar-refractivity contribution in [3.63, 3.8) is 0 Å². The van der Waals surface area contributed by atoms with Crippen LogP contribution in [0.25, 0.3) is 22.8 Å². The van der Waals surface area contributed by atoms with Crippen LogP contribution >= 0.6 is 0 Å². The van der Waals surface area contributed by atoms with Crippen LogP contribution in [0.4, 0.5) is 0 Å². The highest BCUT2D eigenvalue weighted by Gasteiger charge is 2.19. The first-order valence-corrected chi connectivity index (χ1v) is 11.4. The van der Waals surface area contributed by atoms with Crippen LogP contribution in [0.15, 0.2) is 63.8 Å². The molecule has 0 spiro atoms. The van der Waals surface area contributed by atoms with Gasteiger partial charge in [-0.25, -0.2) is 9.97 Å². The fraction of sp³-hybridized carbons (Fsp3) is 0.296. The van der Waals surface area contributed by atoms with Gasteiger partial charge in [-0.05, 0) is 52.0 Å². The molecule has 0 amide bonds. The minimum atomic E-state index is -0.181. The zero-order chi connectivity index (χ0) is 24.2. The third-order valence-corrected chi connectivity index (χ3v) is 5.54. The Morgan fingerprint density at radius 2 is 1.71 bits per heavy atom. The monoisotopic (exact) mass is 459 g/mol. The van der Waals surface area contributed by atoms with Crippen molar-refractivity contribution in [3.05, 3.63) is 87.7 Å². The Labute approximate surface area is 198 Å². The molecule has 34 heavy (non-hydrogen) atoms. The van der Waals surface area contributed by atoms with Crippen molar-refractivity contribution in [3.8, 4) is 28.6 Å². The summed E-state index contributed by atoms with van der Waals surface area (Å²) in [6.07, 6.45) is 0.345. The quantitative estimate of drug-likeness (QED) is 0.416. The second-order valence-electron chi connectivity index (χ2n) is 8.44. The molecule has 0 aliphatic rings. The molecule has 0 radical (unpaired) electrons. The van der Waals surface area contributed by atoms with Crippen molar-refractivity contribution in [2.45, 2.75) is 46.8 Å². The van der Waals surface area contributed by atoms with Gasteiger partial charge in [0.15, 0.2) is 0 Å². The van der Waals surface area contributed by atoms with E-state index in [1.54, 1.807) is 11.5 Å². The molecule has 4 rings (SSSR count). The number of aliphatic hydroxyl groups is 1. The summed E-state index contributed by atoms with van der Waals surface area (Å²) >= 11 is 0. The van der Waals surface area contributed by atoms with Gasteiger partial charge in [0.05, 0.1) is 12.6 Å². The molecule has 176 valence electrons. The highest BCUT2D eigenvalue weighted by atomic mass is 16.5. The number of aliphatic hydroxyl groups excluding tert-OH is 1. The maximum Gasteiger partial charge on any atom is 0.257 e. The van der Waals surface area contributed by atoms with Gasteiger partial charge in [-0.1, -0.05) is 30.3 Å². The molecule has 0 fully saturated rings. The van der Waals surface area contributed by atoms with Gasteiger partial charge < -0.3 is 14.3 Å². The number of aromatic nitrogens is 3. The molecule has 0 bridgehead atoms. The number of oxazole rings is 1. The van der Waals surface area contributed by atoms with Gasteiger partial charge in [-0.2, -0.15) is 0 Å². The van der Waals surface area contributed by atoms with E-state index in [4.69, 9.17) is 19.1 Å². The Bertz CT molecular complexity index is 1320. The van der Waals surface area contributed by atoms with Crippen molar-refractivity contribution in [1.29, 1.82) is 0 Å². The lowest BCUT2D eigenvalue weighted by atomic mass is 10.1. The summed E-state index contributed by atoms with van der Waals surface area (Å²) < 4.78 is 13.3. The minimum absolute atomic E-state index is 0.0948. The van der Waals surface area contributed by atoms with Crippen LogP contribution < -0.4 is 10.3 Å². The molecule has 2 aromatic heterocycles. The topological polar surface area (TPSA) is 90.4 Å². The van der Waals surface area contributed by atoms with Gasteiger partial charge in [-0.3, -0.25) is 9.36 Å². The maximum atomic E-state index is 13.4. The lowest BCUT2D eigenvalue weighted by molar-refractivity contribution is 0.242. The molecule has 7 heteroatoms. The largest absolute Gasteiger partial charge is 0.491 e. The Morgan fingerprint density at radius 1 is 1.00 bits per heavy atom. The third kappa shape index (κ3) is 4.94. The number of rotatable bonds is 8. The summed E-state index contributed by atoms with van der Waals surface area (Å²) in [5.41, 5.74) is 3.25. The molecule has 4 aromatic rings. The van der Waals surface area contributed by atoms with Gasteiger partial charge >= 0.3 is 0 Å². The van der Waals surface area contributed by atoms with Gasteiger partial charge in [0.25, 0.3) is 5.56 Å². The summed E-state index contributed by atoms with van der Waals surface area (Å²) in [7, 11) is 0. The van der Waals surface area contributed by atoms with Crippen LogP contribution in [-0.4, -0.2) is 32.4 Å². The summed E-state index contributed by atoms with van der Waals surface area (Å²) in [5, 5.41) is 9.46. The van der Waals surface area contributed by atoms with Crippen molar-refractivity contribution < 1.29 is 14.3 Å². The first-order valence-electron chi connectivity index (χ1n) is 11.4. The number of hydrogen-bond acceptors (Lipinski definition) is 6. The predicted octanol–water partition coefficient (Wildman–Crippen LogP) is 4.55. The minimum Gasteiger partial charge on any atom is -0.491 e. The highest BCUT2D eigenvalue weighted by molar-refractivity contribution is 5.57. The summed E-state index contributed by atoms with van der Waals surface area (Å²) in [5.74, 6) is 2.45. The van der Waals surface area contributed by atoms with E-state index in [1.165, 1.54) is 0 Å². The van der Waals surface area contributed by atoms with E-state index in [2.05, 4.69) is 0 Å². The third-order valence-electron chi connectivity index (χ3n) is 5.54. The second kappa shape index (κ2) is 10.1. The van der Waals surface area contributed by atoms with Gasteiger partial charge in [0.2, 0.25) is 5.89 Å². The molecular formula is C27H29N3O4. The Balaban J connectivity index is 1.73. The first kappa shape index (κ1) is 23.4. The van der Waals surface area contributed by atoms with Crippen LogP contribution in [-0.2, 0) is 13.0 Å². The summed E-state index contributed by atoms with van der Waals surface area (Å²) in [6.45, 7) is 7.69. The molecule has 7 nitrogen and oxygen atoms in total. The van der Waals surface area contributed by atoms with Gasteiger partial charge in [-0.15, -0.1) is 0 Å². The molecule has 2 aromatic carbocycles. The Kier molecular flexibility index (Phi) is 6.93. The normalized spacial score (nSPS) is 11.2. The van der Waals surface area contributed by atoms with Crippen LogP contribution in [0.5, 0.6) is 5.75 Å². The molecule has 0 saturated carbocycles. The molecule has 0 aliphatic heterocycles. The smallest absolute Gasteiger partial charge is 0.257 e. The summed E-state index contributed by atoms with van der Waals surface area (Å²) in [6, 6.07) is 17.2. The van der Waals surface area contributed by atoms with E-state index >= 15 is 0 Å². The van der Waals surface area contributed by atoms with E-state index in [1.807, 2.05) is 75.4 Å². The van der Waals surface area contributed by atoms with Gasteiger partial charge in [0.1, 0.15) is 23.0 Å². The van der Waals surface area contributed by atoms with Crippen LogP contribution in [0.1, 0.15) is 36.6 Å². The van der Waals surface area contributed by atoms with Crippen molar-refractivity contribution in [2.24, 2.45) is 0 Å². The van der Waals surface area contributed by atoms with Gasteiger partial charge in [0, 0.05) is 35.4 Å². The molecule has 0 atom stereocenters. The van der Waals surface area contributed by atoms with Crippen LogP contribution in [0.2, 0.25) is 0 Å². The zero-order valence-corrected chi connectivity index (χ0v) is 19.9. The number of hydrogen-bond donors (Lipinski definition) is 1. The lowest BCUT2D eigenvalue weighted by Gasteiger charge is -2.15. The van der Waals surface area contributed by atoms with Crippen LogP contribution in [0, 0.1) is 13.8 Å². The highest BCUT2D eigenvalue weighted by Crippen LogP contribution is 2.26. The second-order valence-corrected chi connectivity index (χ2v) is 8.44. The average Bonchev–Trinajstić information content (AvgIpc) is 3.19. The van der Waals surface area contributed by atoms with E-state index in [9.17, 15) is 9.90 Å². The molecular weight excluding hydrogens is 430 g/mol.